The predicted octanol–water partition coefficient (Wildman–Crippen LogP) is 3.53. The van der Waals surface area contributed by atoms with Gasteiger partial charge >= 0.3 is 6.18 Å². The molecule has 14 heavy (non-hydrogen) atoms. The first-order chi connectivity index (χ1) is 6.34. The van der Waals surface area contributed by atoms with E-state index in [0.29, 0.717) is 0 Å². The molecule has 0 bridgehead atoms. The molecule has 0 saturated carbocycles. The number of hydrogen-bond donors (Lipinski definition) is 1. The molecule has 0 amide bonds. The maximum atomic E-state index is 12.5. The van der Waals surface area contributed by atoms with Crippen LogP contribution in [0.4, 0.5) is 13.2 Å². The zero-order valence-corrected chi connectivity index (χ0v) is 7.89. The Morgan fingerprint density at radius 2 is 1.79 bits per heavy atom. The van der Waals surface area contributed by atoms with Gasteiger partial charge in [0.1, 0.15) is 5.75 Å². The van der Waals surface area contributed by atoms with E-state index in [0.717, 1.165) is 6.07 Å². The van der Waals surface area contributed by atoms with Gasteiger partial charge < -0.3 is 5.11 Å². The Balaban J connectivity index is 3.36. The summed E-state index contributed by atoms with van der Waals surface area (Å²) in [5.74, 6) is -0.650. The zero-order valence-electron chi connectivity index (χ0n) is 7.89. The van der Waals surface area contributed by atoms with Crippen molar-refractivity contribution in [3.05, 3.63) is 29.3 Å². The molecule has 1 aromatic rings. The molecule has 0 aliphatic heterocycles. The van der Waals surface area contributed by atoms with Gasteiger partial charge in [0.25, 0.3) is 0 Å². The Labute approximate surface area is 80.2 Å². The fourth-order valence-electron chi connectivity index (χ4n) is 1.41. The molecule has 0 aromatic heterocycles. The quantitative estimate of drug-likeness (QED) is 0.741. The summed E-state index contributed by atoms with van der Waals surface area (Å²) in [5, 5.41) is 9.33. The molecule has 1 N–H and O–H groups in total. The van der Waals surface area contributed by atoms with Crippen molar-refractivity contribution >= 4 is 0 Å². The standard InChI is InChI=1S/C10H11F3O/c1-6(2)9-7(10(11,12)13)4-3-5-8(9)14/h3-6,14H,1-2H3. The van der Waals surface area contributed by atoms with Crippen LogP contribution in [0.5, 0.6) is 5.75 Å². The molecule has 0 atom stereocenters. The van der Waals surface area contributed by atoms with Crippen LogP contribution in [0.1, 0.15) is 30.9 Å². The number of aromatic hydroxyl groups is 1. The third-order valence-electron chi connectivity index (χ3n) is 1.97. The van der Waals surface area contributed by atoms with E-state index in [1.807, 2.05) is 0 Å². The van der Waals surface area contributed by atoms with Crippen LogP contribution in [0.3, 0.4) is 0 Å². The van der Waals surface area contributed by atoms with E-state index in [1.165, 1.54) is 12.1 Å². The highest BCUT2D eigenvalue weighted by Gasteiger charge is 2.34. The lowest BCUT2D eigenvalue weighted by Gasteiger charge is -2.16. The molecular formula is C10H11F3O. The van der Waals surface area contributed by atoms with Crippen LogP contribution in [0.2, 0.25) is 0 Å². The fraction of sp³-hybridized carbons (Fsp3) is 0.400. The number of alkyl halides is 3. The molecule has 0 radical (unpaired) electrons. The SMILES string of the molecule is CC(C)c1c(O)cccc1C(F)(F)F. The second-order valence-corrected chi connectivity index (χ2v) is 3.39. The van der Waals surface area contributed by atoms with Crippen LogP contribution in [0, 0.1) is 0 Å². The van der Waals surface area contributed by atoms with Gasteiger partial charge in [0.05, 0.1) is 5.56 Å². The first-order valence-electron chi connectivity index (χ1n) is 4.23. The molecule has 4 heteroatoms. The summed E-state index contributed by atoms with van der Waals surface area (Å²) in [5.41, 5.74) is -0.799. The second-order valence-electron chi connectivity index (χ2n) is 3.39. The molecule has 0 saturated heterocycles. The minimum absolute atomic E-state index is 0.0417. The Morgan fingerprint density at radius 3 is 2.14 bits per heavy atom. The molecule has 1 rings (SSSR count). The van der Waals surface area contributed by atoms with Crippen molar-refractivity contribution in [2.45, 2.75) is 25.9 Å². The zero-order chi connectivity index (χ0) is 10.9. The van der Waals surface area contributed by atoms with Gasteiger partial charge in [-0.3, -0.25) is 0 Å². The van der Waals surface area contributed by atoms with E-state index in [-0.39, 0.29) is 17.2 Å². The summed E-state index contributed by atoms with van der Waals surface area (Å²) in [6, 6.07) is 3.45. The van der Waals surface area contributed by atoms with Crippen molar-refractivity contribution in [1.82, 2.24) is 0 Å². The highest BCUT2D eigenvalue weighted by atomic mass is 19.4. The second kappa shape index (κ2) is 3.52. The average Bonchev–Trinajstić information content (AvgIpc) is 2.01. The van der Waals surface area contributed by atoms with Gasteiger partial charge in [-0.1, -0.05) is 19.9 Å². The highest BCUT2D eigenvalue weighted by Crippen LogP contribution is 2.38. The van der Waals surface area contributed by atoms with Crippen LogP contribution in [0.25, 0.3) is 0 Å². The number of hydrogen-bond acceptors (Lipinski definition) is 1. The minimum Gasteiger partial charge on any atom is -0.508 e. The number of phenols is 1. The van der Waals surface area contributed by atoms with Crippen molar-refractivity contribution in [1.29, 1.82) is 0 Å². The van der Waals surface area contributed by atoms with Gasteiger partial charge in [-0.25, -0.2) is 0 Å². The van der Waals surface area contributed by atoms with Crippen LogP contribution in [0.15, 0.2) is 18.2 Å². The summed E-state index contributed by atoms with van der Waals surface area (Å²) >= 11 is 0. The van der Waals surface area contributed by atoms with Gasteiger partial charge in [0.2, 0.25) is 0 Å². The molecule has 1 nitrogen and oxygen atoms in total. The summed E-state index contributed by atoms with van der Waals surface area (Å²) in [7, 11) is 0. The van der Waals surface area contributed by atoms with Crippen molar-refractivity contribution in [2.24, 2.45) is 0 Å². The Hall–Kier alpha value is -1.19. The maximum Gasteiger partial charge on any atom is 0.416 e. The van der Waals surface area contributed by atoms with Crippen molar-refractivity contribution < 1.29 is 18.3 Å². The van der Waals surface area contributed by atoms with E-state index in [1.54, 1.807) is 13.8 Å². The number of halogens is 3. The number of benzene rings is 1. The van der Waals surface area contributed by atoms with Crippen molar-refractivity contribution in [2.75, 3.05) is 0 Å². The van der Waals surface area contributed by atoms with E-state index in [2.05, 4.69) is 0 Å². The first-order valence-corrected chi connectivity index (χ1v) is 4.23. The van der Waals surface area contributed by atoms with Crippen LogP contribution in [-0.2, 0) is 6.18 Å². The topological polar surface area (TPSA) is 20.2 Å². The van der Waals surface area contributed by atoms with Gasteiger partial charge in [0, 0.05) is 5.56 Å². The molecule has 1 aromatic carbocycles. The van der Waals surface area contributed by atoms with E-state index in [4.69, 9.17) is 0 Å². The third kappa shape index (κ3) is 2.00. The lowest BCUT2D eigenvalue weighted by molar-refractivity contribution is -0.138. The van der Waals surface area contributed by atoms with Crippen LogP contribution in [-0.4, -0.2) is 5.11 Å². The van der Waals surface area contributed by atoms with Crippen LogP contribution < -0.4 is 0 Å². The fourth-order valence-corrected chi connectivity index (χ4v) is 1.41. The van der Waals surface area contributed by atoms with E-state index >= 15 is 0 Å². The largest absolute Gasteiger partial charge is 0.508 e. The minimum atomic E-state index is -4.40. The van der Waals surface area contributed by atoms with Gasteiger partial charge in [-0.2, -0.15) is 13.2 Å². The third-order valence-corrected chi connectivity index (χ3v) is 1.97. The lowest BCUT2D eigenvalue weighted by atomic mass is 9.96. The smallest absolute Gasteiger partial charge is 0.416 e. The molecular weight excluding hydrogens is 193 g/mol. The van der Waals surface area contributed by atoms with Gasteiger partial charge in [-0.15, -0.1) is 0 Å². The first kappa shape index (κ1) is 10.9. The summed E-state index contributed by atoms with van der Waals surface area (Å²) in [4.78, 5) is 0. The monoisotopic (exact) mass is 204 g/mol. The summed E-state index contributed by atoms with van der Waals surface area (Å²) in [6.45, 7) is 3.23. The van der Waals surface area contributed by atoms with Gasteiger partial charge in [0.15, 0.2) is 0 Å². The normalized spacial score (nSPS) is 12.1. The molecule has 0 unspecified atom stereocenters. The number of phenolic OH excluding ortho intramolecular Hbond substituents is 1. The Bertz CT molecular complexity index is 329. The van der Waals surface area contributed by atoms with Crippen molar-refractivity contribution in [3.63, 3.8) is 0 Å². The highest BCUT2D eigenvalue weighted by molar-refractivity contribution is 5.42. The van der Waals surface area contributed by atoms with Crippen LogP contribution >= 0.6 is 0 Å². The summed E-state index contributed by atoms with van der Waals surface area (Å²) < 4.78 is 37.4. The van der Waals surface area contributed by atoms with E-state index in [9.17, 15) is 18.3 Å². The molecule has 78 valence electrons. The predicted molar refractivity (Wildman–Crippen MR) is 47.2 cm³/mol. The van der Waals surface area contributed by atoms with Gasteiger partial charge in [-0.05, 0) is 18.1 Å². The molecule has 0 fully saturated rings. The summed E-state index contributed by atoms with van der Waals surface area (Å²) in [6.07, 6.45) is -4.40. The average molecular weight is 204 g/mol. The molecule has 0 aliphatic rings. The Kier molecular flexibility index (Phi) is 2.73. The van der Waals surface area contributed by atoms with Crippen molar-refractivity contribution in [3.8, 4) is 5.75 Å². The Morgan fingerprint density at radius 1 is 1.21 bits per heavy atom. The lowest BCUT2D eigenvalue weighted by Crippen LogP contribution is -2.10. The molecule has 0 spiro atoms. The number of rotatable bonds is 1. The van der Waals surface area contributed by atoms with E-state index < -0.39 is 11.7 Å². The molecule has 0 aliphatic carbocycles. The molecule has 0 heterocycles. The maximum absolute atomic E-state index is 12.5.